The molecule has 1 N–H and O–H groups in total. The number of hydrogen-bond donors (Lipinski definition) is 1. The van der Waals surface area contributed by atoms with Crippen molar-refractivity contribution in [1.29, 1.82) is 0 Å². The molecule has 6 nitrogen and oxygen atoms in total. The summed E-state index contributed by atoms with van der Waals surface area (Å²) in [6.07, 6.45) is 0. The lowest BCUT2D eigenvalue weighted by Gasteiger charge is -2.25. The quantitative estimate of drug-likeness (QED) is 0.439. The van der Waals surface area contributed by atoms with Crippen LogP contribution < -0.4 is 4.74 Å². The summed E-state index contributed by atoms with van der Waals surface area (Å²) in [5.41, 5.74) is 0.581. The molecule has 2 aromatic rings. The summed E-state index contributed by atoms with van der Waals surface area (Å²) < 4.78 is 5.49. The molecule has 28 heavy (non-hydrogen) atoms. The van der Waals surface area contributed by atoms with Gasteiger partial charge in [-0.15, -0.1) is 11.3 Å². The first kappa shape index (κ1) is 20.1. The number of rotatable bonds is 7. The number of ketones is 1. The Hall–Kier alpha value is -2.64. The summed E-state index contributed by atoms with van der Waals surface area (Å²) in [5.74, 6) is -0.814. The summed E-state index contributed by atoms with van der Waals surface area (Å²) in [6.45, 7) is 3.39. The Bertz CT molecular complexity index is 890. The van der Waals surface area contributed by atoms with Crippen molar-refractivity contribution in [3.63, 3.8) is 0 Å². The largest absolute Gasteiger partial charge is 0.507 e. The van der Waals surface area contributed by atoms with Crippen molar-refractivity contribution >= 4 is 28.8 Å². The molecular weight excluding hydrogens is 376 g/mol. The number of nitrogens with zero attached hydrogens (tertiary/aromatic N) is 2. The first-order valence-electron chi connectivity index (χ1n) is 9.13. The lowest BCUT2D eigenvalue weighted by Crippen LogP contribution is -2.35. The number of Topliss-reactive ketones (excluding diaryl/α,β-unsaturated/α-hetero) is 1. The SMILES string of the molecule is CCOc1cccc(C(O)=C2C(=O)C(=O)N(CCN(C)C)[C@H]2c2cccs2)c1. The van der Waals surface area contributed by atoms with Crippen LogP contribution >= 0.6 is 11.3 Å². The fourth-order valence-electron chi connectivity index (χ4n) is 3.22. The first-order valence-corrected chi connectivity index (χ1v) is 10.0. The maximum absolute atomic E-state index is 12.8. The highest BCUT2D eigenvalue weighted by Crippen LogP contribution is 2.41. The highest BCUT2D eigenvalue weighted by atomic mass is 32.1. The minimum atomic E-state index is -0.656. The highest BCUT2D eigenvalue weighted by Gasteiger charge is 2.46. The minimum Gasteiger partial charge on any atom is -0.507 e. The third-order valence-electron chi connectivity index (χ3n) is 4.56. The number of thiophene rings is 1. The van der Waals surface area contributed by atoms with Crippen LogP contribution in [0.25, 0.3) is 5.76 Å². The molecule has 1 aromatic heterocycles. The zero-order valence-corrected chi connectivity index (χ0v) is 17.0. The standard InChI is InChI=1S/C21H24N2O4S/c1-4-27-15-8-5-7-14(13-15)19(24)17-18(16-9-6-12-28-16)23(11-10-22(2)3)21(26)20(17)25/h5-9,12-13,18,24H,4,10-11H2,1-3H3/t18-/m0/s1. The summed E-state index contributed by atoms with van der Waals surface area (Å²) in [7, 11) is 3.83. The zero-order valence-electron chi connectivity index (χ0n) is 16.2. The van der Waals surface area contributed by atoms with Gasteiger partial charge >= 0.3 is 0 Å². The average Bonchev–Trinajstić information content (AvgIpc) is 3.28. The second-order valence-electron chi connectivity index (χ2n) is 6.77. The molecule has 1 amide bonds. The lowest BCUT2D eigenvalue weighted by molar-refractivity contribution is -0.140. The Labute approximate surface area is 168 Å². The summed E-state index contributed by atoms with van der Waals surface area (Å²) >= 11 is 1.46. The van der Waals surface area contributed by atoms with Crippen LogP contribution in [-0.4, -0.2) is 60.4 Å². The number of aliphatic hydroxyl groups excluding tert-OH is 1. The maximum Gasteiger partial charge on any atom is 0.295 e. The molecule has 2 heterocycles. The molecule has 1 aliphatic heterocycles. The van der Waals surface area contributed by atoms with Gasteiger partial charge in [0, 0.05) is 23.5 Å². The van der Waals surface area contributed by atoms with Gasteiger partial charge in [0.05, 0.1) is 18.2 Å². The Morgan fingerprint density at radius 2 is 2.04 bits per heavy atom. The van der Waals surface area contributed by atoms with E-state index in [9.17, 15) is 14.7 Å². The molecular formula is C21H24N2O4S. The van der Waals surface area contributed by atoms with Crippen molar-refractivity contribution in [3.8, 4) is 5.75 Å². The van der Waals surface area contributed by atoms with Crippen molar-refractivity contribution in [3.05, 3.63) is 57.8 Å². The second kappa shape index (κ2) is 8.58. The molecule has 0 radical (unpaired) electrons. The van der Waals surface area contributed by atoms with Gasteiger partial charge in [-0.25, -0.2) is 0 Å². The molecule has 0 aliphatic carbocycles. The van der Waals surface area contributed by atoms with E-state index in [1.165, 1.54) is 11.3 Å². The predicted octanol–water partition coefficient (Wildman–Crippen LogP) is 3.13. The zero-order chi connectivity index (χ0) is 20.3. The van der Waals surface area contributed by atoms with Gasteiger partial charge in [-0.2, -0.15) is 0 Å². The normalized spacial score (nSPS) is 18.9. The fourth-order valence-corrected chi connectivity index (χ4v) is 4.06. The van der Waals surface area contributed by atoms with Gasteiger partial charge in [0.2, 0.25) is 0 Å². The van der Waals surface area contributed by atoms with Crippen molar-refractivity contribution in [2.75, 3.05) is 33.8 Å². The van der Waals surface area contributed by atoms with E-state index in [4.69, 9.17) is 4.74 Å². The number of carbonyl (C=O) groups excluding carboxylic acids is 2. The third kappa shape index (κ3) is 3.95. The maximum atomic E-state index is 12.8. The number of ether oxygens (including phenoxy) is 1. The van der Waals surface area contributed by atoms with Crippen LogP contribution in [-0.2, 0) is 9.59 Å². The predicted molar refractivity (Wildman–Crippen MR) is 109 cm³/mol. The molecule has 1 aliphatic rings. The van der Waals surface area contributed by atoms with Gasteiger partial charge in [0.25, 0.3) is 11.7 Å². The smallest absolute Gasteiger partial charge is 0.295 e. The van der Waals surface area contributed by atoms with Crippen molar-refractivity contribution in [1.82, 2.24) is 9.80 Å². The molecule has 0 bridgehead atoms. The Morgan fingerprint density at radius 1 is 1.25 bits per heavy atom. The van der Waals surface area contributed by atoms with E-state index in [1.54, 1.807) is 29.2 Å². The van der Waals surface area contributed by atoms with E-state index in [1.807, 2.05) is 43.4 Å². The van der Waals surface area contributed by atoms with E-state index in [0.29, 0.717) is 31.0 Å². The molecule has 1 saturated heterocycles. The van der Waals surface area contributed by atoms with Crippen molar-refractivity contribution < 1.29 is 19.4 Å². The monoisotopic (exact) mass is 400 g/mol. The molecule has 1 atom stereocenters. The van der Waals surface area contributed by atoms with Crippen LogP contribution in [0.3, 0.4) is 0 Å². The van der Waals surface area contributed by atoms with Crippen LogP contribution in [0.4, 0.5) is 0 Å². The van der Waals surface area contributed by atoms with E-state index < -0.39 is 17.7 Å². The van der Waals surface area contributed by atoms with Crippen LogP contribution in [0.2, 0.25) is 0 Å². The second-order valence-corrected chi connectivity index (χ2v) is 7.75. The number of likely N-dealkylation sites (tertiary alicyclic amines) is 1. The number of amides is 1. The summed E-state index contributed by atoms with van der Waals surface area (Å²) in [6, 6.07) is 10.1. The molecule has 7 heteroatoms. The van der Waals surface area contributed by atoms with Gasteiger partial charge in [-0.05, 0) is 44.6 Å². The van der Waals surface area contributed by atoms with E-state index in [0.717, 1.165) is 4.88 Å². The van der Waals surface area contributed by atoms with E-state index in [-0.39, 0.29) is 11.3 Å². The molecule has 1 fully saturated rings. The Morgan fingerprint density at radius 3 is 2.68 bits per heavy atom. The number of aliphatic hydroxyl groups is 1. The molecule has 0 unspecified atom stereocenters. The summed E-state index contributed by atoms with van der Waals surface area (Å²) in [5, 5.41) is 12.9. The molecule has 1 aromatic carbocycles. The molecule has 3 rings (SSSR count). The summed E-state index contributed by atoms with van der Waals surface area (Å²) in [4.78, 5) is 29.9. The van der Waals surface area contributed by atoms with Gasteiger partial charge in [0.1, 0.15) is 11.5 Å². The fraction of sp³-hybridized carbons (Fsp3) is 0.333. The number of benzene rings is 1. The van der Waals surface area contributed by atoms with E-state index >= 15 is 0 Å². The average molecular weight is 401 g/mol. The molecule has 0 spiro atoms. The van der Waals surface area contributed by atoms with Gasteiger partial charge in [0.15, 0.2) is 0 Å². The van der Waals surface area contributed by atoms with Crippen LogP contribution in [0.1, 0.15) is 23.4 Å². The highest BCUT2D eigenvalue weighted by molar-refractivity contribution is 7.10. The first-order chi connectivity index (χ1) is 13.4. The Kier molecular flexibility index (Phi) is 6.16. The number of carbonyl (C=O) groups is 2. The van der Waals surface area contributed by atoms with Crippen LogP contribution in [0.5, 0.6) is 5.75 Å². The van der Waals surface area contributed by atoms with Crippen molar-refractivity contribution in [2.45, 2.75) is 13.0 Å². The minimum absolute atomic E-state index is 0.125. The van der Waals surface area contributed by atoms with Gasteiger partial charge in [-0.1, -0.05) is 18.2 Å². The van der Waals surface area contributed by atoms with E-state index in [2.05, 4.69) is 0 Å². The van der Waals surface area contributed by atoms with Gasteiger partial charge in [-0.3, -0.25) is 9.59 Å². The van der Waals surface area contributed by atoms with Crippen molar-refractivity contribution in [2.24, 2.45) is 0 Å². The van der Waals surface area contributed by atoms with Crippen LogP contribution in [0, 0.1) is 0 Å². The Balaban J connectivity index is 2.08. The molecule has 0 saturated carbocycles. The number of likely N-dealkylation sites (N-methyl/N-ethyl adjacent to an activating group) is 1. The number of hydrogen-bond acceptors (Lipinski definition) is 6. The third-order valence-corrected chi connectivity index (χ3v) is 5.48. The topological polar surface area (TPSA) is 70.1 Å². The van der Waals surface area contributed by atoms with Gasteiger partial charge < -0.3 is 19.6 Å². The molecule has 148 valence electrons. The lowest BCUT2D eigenvalue weighted by atomic mass is 9.99. The van der Waals surface area contributed by atoms with Crippen LogP contribution in [0.15, 0.2) is 47.4 Å².